The summed E-state index contributed by atoms with van der Waals surface area (Å²) in [6.45, 7) is 1.42. The second-order valence-electron chi connectivity index (χ2n) is 5.67. The molecule has 3 rings (SSSR count). The van der Waals surface area contributed by atoms with Gasteiger partial charge in [-0.3, -0.25) is 9.59 Å². The highest BCUT2D eigenvalue weighted by Crippen LogP contribution is 2.24. The van der Waals surface area contributed by atoms with E-state index in [-0.39, 0.29) is 11.8 Å². The molecule has 0 fully saturated rings. The van der Waals surface area contributed by atoms with Gasteiger partial charge in [-0.1, -0.05) is 28.1 Å². The predicted octanol–water partition coefficient (Wildman–Crippen LogP) is 4.43. The summed E-state index contributed by atoms with van der Waals surface area (Å²) in [6, 6.07) is 17.9. The zero-order chi connectivity index (χ0) is 19.2. The van der Waals surface area contributed by atoms with Crippen molar-refractivity contribution in [2.24, 2.45) is 5.10 Å². The Hall–Kier alpha value is -3.19. The van der Waals surface area contributed by atoms with E-state index in [0.29, 0.717) is 22.8 Å². The first-order valence-corrected chi connectivity index (χ1v) is 8.87. The fraction of sp³-hybridized carbons (Fsp3) is 0.0500. The van der Waals surface area contributed by atoms with E-state index < -0.39 is 0 Å². The second kappa shape index (κ2) is 8.46. The number of amides is 2. The molecular formula is C20H16BrN3O3. The molecule has 0 bridgehead atoms. The first-order chi connectivity index (χ1) is 13.0. The number of furan rings is 1. The molecule has 0 aliphatic carbocycles. The third-order valence-electron chi connectivity index (χ3n) is 3.56. The normalized spacial score (nSPS) is 10.7. The monoisotopic (exact) mass is 425 g/mol. The van der Waals surface area contributed by atoms with Crippen LogP contribution in [-0.2, 0) is 4.79 Å². The van der Waals surface area contributed by atoms with Crippen LogP contribution in [0.25, 0.3) is 11.3 Å². The van der Waals surface area contributed by atoms with Crippen LogP contribution in [0.2, 0.25) is 0 Å². The van der Waals surface area contributed by atoms with Crippen LogP contribution < -0.4 is 10.7 Å². The van der Waals surface area contributed by atoms with Crippen LogP contribution >= 0.6 is 15.9 Å². The second-order valence-corrected chi connectivity index (χ2v) is 6.59. The van der Waals surface area contributed by atoms with Gasteiger partial charge in [0.25, 0.3) is 5.91 Å². The summed E-state index contributed by atoms with van der Waals surface area (Å²) >= 11 is 3.43. The van der Waals surface area contributed by atoms with Crippen LogP contribution in [0.5, 0.6) is 0 Å². The Labute approximate surface area is 164 Å². The van der Waals surface area contributed by atoms with Crippen molar-refractivity contribution in [2.75, 3.05) is 5.32 Å². The van der Waals surface area contributed by atoms with Gasteiger partial charge in [0.15, 0.2) is 0 Å². The van der Waals surface area contributed by atoms with Gasteiger partial charge >= 0.3 is 0 Å². The van der Waals surface area contributed by atoms with E-state index in [1.54, 1.807) is 30.3 Å². The van der Waals surface area contributed by atoms with Crippen LogP contribution in [0.1, 0.15) is 23.0 Å². The third kappa shape index (κ3) is 5.15. The van der Waals surface area contributed by atoms with Gasteiger partial charge in [0.2, 0.25) is 5.91 Å². The van der Waals surface area contributed by atoms with E-state index in [1.165, 1.54) is 13.1 Å². The molecule has 0 unspecified atom stereocenters. The number of hydrazone groups is 1. The molecule has 27 heavy (non-hydrogen) atoms. The Morgan fingerprint density at radius 1 is 1.07 bits per heavy atom. The molecule has 7 heteroatoms. The molecule has 2 aromatic carbocycles. The van der Waals surface area contributed by atoms with Crippen molar-refractivity contribution in [3.63, 3.8) is 0 Å². The lowest BCUT2D eigenvalue weighted by atomic mass is 10.2. The Balaban J connectivity index is 1.60. The minimum atomic E-state index is -0.362. The van der Waals surface area contributed by atoms with Crippen molar-refractivity contribution >= 4 is 39.6 Å². The summed E-state index contributed by atoms with van der Waals surface area (Å²) in [6.07, 6.45) is 1.44. The molecule has 0 spiro atoms. The standard InChI is InChI=1S/C20H16BrN3O3/c1-13(25)23-17-7-5-14(6-8-17)20(26)24-22-12-18-9-10-19(27-18)15-3-2-4-16(21)11-15/h2-12H,1H3,(H,23,25)(H,24,26)/b22-12-. The minimum Gasteiger partial charge on any atom is -0.455 e. The Bertz CT molecular complexity index is 994. The van der Waals surface area contributed by atoms with Crippen molar-refractivity contribution in [1.82, 2.24) is 5.43 Å². The zero-order valence-corrected chi connectivity index (χ0v) is 16.0. The lowest BCUT2D eigenvalue weighted by molar-refractivity contribution is -0.114. The molecule has 2 N–H and O–H groups in total. The first kappa shape index (κ1) is 18.6. The van der Waals surface area contributed by atoms with Crippen LogP contribution in [0.3, 0.4) is 0 Å². The minimum absolute atomic E-state index is 0.169. The quantitative estimate of drug-likeness (QED) is 0.468. The van der Waals surface area contributed by atoms with E-state index in [9.17, 15) is 9.59 Å². The van der Waals surface area contributed by atoms with E-state index in [2.05, 4.69) is 31.8 Å². The first-order valence-electron chi connectivity index (χ1n) is 8.08. The summed E-state index contributed by atoms with van der Waals surface area (Å²) in [4.78, 5) is 23.1. The fourth-order valence-corrected chi connectivity index (χ4v) is 2.75. The van der Waals surface area contributed by atoms with E-state index >= 15 is 0 Å². The smallest absolute Gasteiger partial charge is 0.271 e. The molecule has 0 aliphatic rings. The number of nitrogens with zero attached hydrogens (tertiary/aromatic N) is 1. The summed E-state index contributed by atoms with van der Waals surface area (Å²) in [7, 11) is 0. The van der Waals surface area contributed by atoms with Gasteiger partial charge in [-0.25, -0.2) is 5.43 Å². The fourth-order valence-electron chi connectivity index (χ4n) is 2.35. The average Bonchev–Trinajstić information content (AvgIpc) is 3.11. The Morgan fingerprint density at radius 2 is 1.85 bits per heavy atom. The maximum absolute atomic E-state index is 12.1. The molecule has 0 saturated carbocycles. The van der Waals surface area contributed by atoms with Gasteiger partial charge in [0.05, 0.1) is 6.21 Å². The number of anilines is 1. The van der Waals surface area contributed by atoms with Gasteiger partial charge in [-0.2, -0.15) is 5.10 Å². The Kier molecular flexibility index (Phi) is 5.83. The highest BCUT2D eigenvalue weighted by molar-refractivity contribution is 9.10. The molecule has 2 amide bonds. The van der Waals surface area contributed by atoms with Gasteiger partial charge < -0.3 is 9.73 Å². The van der Waals surface area contributed by atoms with Crippen molar-refractivity contribution in [3.8, 4) is 11.3 Å². The van der Waals surface area contributed by atoms with Gasteiger partial charge in [-0.05, 0) is 48.5 Å². The number of hydrogen-bond acceptors (Lipinski definition) is 4. The largest absolute Gasteiger partial charge is 0.455 e. The molecule has 0 atom stereocenters. The lowest BCUT2D eigenvalue weighted by Crippen LogP contribution is -2.17. The predicted molar refractivity (Wildman–Crippen MR) is 108 cm³/mol. The van der Waals surface area contributed by atoms with Crippen molar-refractivity contribution < 1.29 is 14.0 Å². The molecule has 0 radical (unpaired) electrons. The molecule has 0 saturated heterocycles. The zero-order valence-electron chi connectivity index (χ0n) is 14.4. The van der Waals surface area contributed by atoms with Crippen molar-refractivity contribution in [3.05, 3.63) is 76.5 Å². The van der Waals surface area contributed by atoms with Gasteiger partial charge in [0.1, 0.15) is 11.5 Å². The number of benzene rings is 2. The molecular weight excluding hydrogens is 410 g/mol. The summed E-state index contributed by atoms with van der Waals surface area (Å²) < 4.78 is 6.66. The van der Waals surface area contributed by atoms with E-state index in [0.717, 1.165) is 10.0 Å². The summed E-state index contributed by atoms with van der Waals surface area (Å²) in [5.41, 5.74) is 4.43. The highest BCUT2D eigenvalue weighted by Gasteiger charge is 2.06. The van der Waals surface area contributed by atoms with Crippen LogP contribution in [0.4, 0.5) is 5.69 Å². The Morgan fingerprint density at radius 3 is 2.56 bits per heavy atom. The van der Waals surface area contributed by atoms with Crippen molar-refractivity contribution in [2.45, 2.75) is 6.92 Å². The van der Waals surface area contributed by atoms with Crippen LogP contribution in [0.15, 0.2) is 74.7 Å². The van der Waals surface area contributed by atoms with Gasteiger partial charge in [-0.15, -0.1) is 0 Å². The maximum Gasteiger partial charge on any atom is 0.271 e. The van der Waals surface area contributed by atoms with Crippen LogP contribution in [0, 0.1) is 0 Å². The molecule has 3 aromatic rings. The van der Waals surface area contributed by atoms with Crippen molar-refractivity contribution in [1.29, 1.82) is 0 Å². The average molecular weight is 426 g/mol. The topological polar surface area (TPSA) is 83.7 Å². The van der Waals surface area contributed by atoms with E-state index in [1.807, 2.05) is 30.3 Å². The summed E-state index contributed by atoms with van der Waals surface area (Å²) in [5.74, 6) is 0.695. The van der Waals surface area contributed by atoms with E-state index in [4.69, 9.17) is 4.42 Å². The van der Waals surface area contributed by atoms with Gasteiger partial charge in [0, 0.05) is 28.2 Å². The SMILES string of the molecule is CC(=O)Nc1ccc(C(=O)N/N=C\c2ccc(-c3cccc(Br)c3)o2)cc1. The number of carbonyl (C=O) groups excluding carboxylic acids is 2. The molecule has 0 aliphatic heterocycles. The highest BCUT2D eigenvalue weighted by atomic mass is 79.9. The third-order valence-corrected chi connectivity index (χ3v) is 4.05. The van der Waals surface area contributed by atoms with Crippen LogP contribution in [-0.4, -0.2) is 18.0 Å². The molecule has 1 heterocycles. The number of halogens is 1. The lowest BCUT2D eigenvalue weighted by Gasteiger charge is -2.03. The number of rotatable bonds is 5. The maximum atomic E-state index is 12.1. The molecule has 6 nitrogen and oxygen atoms in total. The molecule has 1 aromatic heterocycles. The summed E-state index contributed by atoms with van der Waals surface area (Å²) in [5, 5.41) is 6.56. The number of hydrogen-bond donors (Lipinski definition) is 2. The molecule has 136 valence electrons. The number of nitrogens with one attached hydrogen (secondary N) is 2. The number of carbonyl (C=O) groups is 2.